The van der Waals surface area contributed by atoms with Gasteiger partial charge in [0.2, 0.25) is 0 Å². The first-order valence-corrected chi connectivity index (χ1v) is 13.5. The topological polar surface area (TPSA) is 134 Å². The molecule has 1 saturated heterocycles. The molecule has 1 fully saturated rings. The van der Waals surface area contributed by atoms with Gasteiger partial charge in [0.1, 0.15) is 12.2 Å². The van der Waals surface area contributed by atoms with E-state index in [0.717, 1.165) is 48.1 Å². The first kappa shape index (κ1) is 26.1. The van der Waals surface area contributed by atoms with Crippen LogP contribution < -0.4 is 20.3 Å². The standard InChI is InChI=1S/C30H29N7O4/c38-29(24-17-34-37-18-23(16-32-28(24)37)41-19-21-5-2-1-3-6-21)35-26-13-22-7-4-10-31-25(22)14-27(26)36-11-8-20(9-12-36)15-33-30(39)40/h1-7,10,13-14,16-18,20,33H,8-9,11-12,15,19H2,(H,35,38)(H,39,40). The molecule has 0 bridgehead atoms. The Morgan fingerprint density at radius 2 is 1.85 bits per heavy atom. The number of benzene rings is 2. The van der Waals surface area contributed by atoms with E-state index in [1.807, 2.05) is 54.6 Å². The van der Waals surface area contributed by atoms with Gasteiger partial charge in [-0.15, -0.1) is 0 Å². The maximum atomic E-state index is 13.5. The molecule has 0 spiro atoms. The molecule has 1 aliphatic rings. The lowest BCUT2D eigenvalue weighted by Gasteiger charge is -2.34. The van der Waals surface area contributed by atoms with E-state index in [2.05, 4.69) is 30.6 Å². The molecule has 0 unspecified atom stereocenters. The Morgan fingerprint density at radius 1 is 1.02 bits per heavy atom. The van der Waals surface area contributed by atoms with Gasteiger partial charge in [-0.25, -0.2) is 14.3 Å². The molecule has 0 saturated carbocycles. The molecule has 3 aromatic heterocycles. The molecule has 5 aromatic rings. The first-order valence-electron chi connectivity index (χ1n) is 13.5. The average molecular weight is 552 g/mol. The van der Waals surface area contributed by atoms with E-state index in [1.54, 1.807) is 18.6 Å². The second-order valence-corrected chi connectivity index (χ2v) is 10.0. The number of anilines is 2. The van der Waals surface area contributed by atoms with E-state index < -0.39 is 6.09 Å². The van der Waals surface area contributed by atoms with Crippen molar-refractivity contribution in [3.8, 4) is 5.75 Å². The Kier molecular flexibility index (Phi) is 7.31. The summed E-state index contributed by atoms with van der Waals surface area (Å²) in [6.07, 6.45) is 7.21. The Hall–Kier alpha value is -5.19. The minimum atomic E-state index is -1.00. The molecule has 11 nitrogen and oxygen atoms in total. The zero-order chi connectivity index (χ0) is 28.2. The van der Waals surface area contributed by atoms with Gasteiger partial charge in [0.25, 0.3) is 5.91 Å². The van der Waals surface area contributed by atoms with Gasteiger partial charge in [-0.05, 0) is 42.5 Å². The number of carbonyl (C=O) groups is 2. The zero-order valence-corrected chi connectivity index (χ0v) is 22.2. The molecule has 3 N–H and O–H groups in total. The largest absolute Gasteiger partial charge is 0.486 e. The quantitative estimate of drug-likeness (QED) is 0.255. The van der Waals surface area contributed by atoms with E-state index in [-0.39, 0.29) is 11.8 Å². The Bertz CT molecular complexity index is 1700. The molecule has 208 valence electrons. The fourth-order valence-electron chi connectivity index (χ4n) is 5.10. The van der Waals surface area contributed by atoms with Crippen LogP contribution in [0.5, 0.6) is 5.75 Å². The van der Waals surface area contributed by atoms with Crippen molar-refractivity contribution in [1.82, 2.24) is 24.9 Å². The number of carbonyl (C=O) groups excluding carboxylic acids is 1. The summed E-state index contributed by atoms with van der Waals surface area (Å²) in [6.45, 7) is 2.30. The maximum absolute atomic E-state index is 13.5. The van der Waals surface area contributed by atoms with Gasteiger partial charge in [-0.3, -0.25) is 9.78 Å². The molecule has 0 radical (unpaired) electrons. The summed E-state index contributed by atoms with van der Waals surface area (Å²) >= 11 is 0. The van der Waals surface area contributed by atoms with Gasteiger partial charge in [-0.2, -0.15) is 5.10 Å². The lowest BCUT2D eigenvalue weighted by Crippen LogP contribution is -2.38. The van der Waals surface area contributed by atoms with Gasteiger partial charge in [0.05, 0.1) is 35.5 Å². The van der Waals surface area contributed by atoms with Crippen molar-refractivity contribution in [3.05, 3.63) is 90.5 Å². The highest BCUT2D eigenvalue weighted by Crippen LogP contribution is 2.34. The number of hydrogen-bond acceptors (Lipinski definition) is 7. The molecule has 0 aliphatic carbocycles. The van der Waals surface area contributed by atoms with Gasteiger partial charge in [0, 0.05) is 31.2 Å². The van der Waals surface area contributed by atoms with E-state index in [4.69, 9.17) is 9.84 Å². The van der Waals surface area contributed by atoms with Crippen molar-refractivity contribution >= 4 is 39.9 Å². The number of ether oxygens (including phenoxy) is 1. The van der Waals surface area contributed by atoms with Crippen LogP contribution in [0.2, 0.25) is 0 Å². The molecule has 1 aliphatic heterocycles. The fraction of sp³-hybridized carbons (Fsp3) is 0.233. The average Bonchev–Trinajstić information content (AvgIpc) is 3.43. The monoisotopic (exact) mass is 551 g/mol. The normalized spacial score (nSPS) is 13.8. The molecule has 6 rings (SSSR count). The fourth-order valence-corrected chi connectivity index (χ4v) is 5.10. The smallest absolute Gasteiger partial charge is 0.404 e. The lowest BCUT2D eigenvalue weighted by molar-refractivity contribution is 0.102. The van der Waals surface area contributed by atoms with Crippen LogP contribution in [0.4, 0.5) is 16.2 Å². The Labute approximate surface area is 235 Å². The third-order valence-corrected chi connectivity index (χ3v) is 7.29. The summed E-state index contributed by atoms with van der Waals surface area (Å²) in [7, 11) is 0. The number of amides is 2. The molecule has 11 heteroatoms. The number of pyridine rings is 1. The van der Waals surface area contributed by atoms with Crippen molar-refractivity contribution in [2.75, 3.05) is 29.9 Å². The van der Waals surface area contributed by atoms with Crippen LogP contribution in [0, 0.1) is 5.92 Å². The SMILES string of the molecule is O=C(O)NCC1CCN(c2cc3ncccc3cc2NC(=O)c2cnn3cc(OCc4ccccc4)cnc23)CC1. The number of carboxylic acid groups (broad SMARTS) is 1. The van der Waals surface area contributed by atoms with Crippen LogP contribution in [0.1, 0.15) is 28.8 Å². The van der Waals surface area contributed by atoms with Crippen molar-refractivity contribution < 1.29 is 19.4 Å². The minimum absolute atomic E-state index is 0.269. The molecular formula is C30H29N7O4. The van der Waals surface area contributed by atoms with E-state index in [9.17, 15) is 9.59 Å². The van der Waals surface area contributed by atoms with Crippen LogP contribution in [0.15, 0.2) is 79.4 Å². The molecule has 0 atom stereocenters. The number of hydrogen-bond donors (Lipinski definition) is 3. The van der Waals surface area contributed by atoms with Gasteiger partial charge >= 0.3 is 6.09 Å². The molecular weight excluding hydrogens is 522 g/mol. The van der Waals surface area contributed by atoms with E-state index in [1.165, 1.54) is 10.7 Å². The number of piperidine rings is 1. The molecule has 2 aromatic carbocycles. The maximum Gasteiger partial charge on any atom is 0.404 e. The van der Waals surface area contributed by atoms with Crippen molar-refractivity contribution in [2.45, 2.75) is 19.4 Å². The third-order valence-electron chi connectivity index (χ3n) is 7.29. The number of fused-ring (bicyclic) bond motifs is 2. The van der Waals surface area contributed by atoms with Gasteiger partial charge in [-0.1, -0.05) is 36.4 Å². The Morgan fingerprint density at radius 3 is 2.66 bits per heavy atom. The molecule has 2 amide bonds. The number of aromatic nitrogens is 4. The van der Waals surface area contributed by atoms with Crippen molar-refractivity contribution in [2.24, 2.45) is 5.92 Å². The van der Waals surface area contributed by atoms with Crippen LogP contribution in [-0.2, 0) is 6.61 Å². The second kappa shape index (κ2) is 11.5. The summed E-state index contributed by atoms with van der Waals surface area (Å²) in [5, 5.41) is 19.8. The predicted octanol–water partition coefficient (Wildman–Crippen LogP) is 4.59. The molecule has 41 heavy (non-hydrogen) atoms. The van der Waals surface area contributed by atoms with Gasteiger partial charge < -0.3 is 25.4 Å². The lowest BCUT2D eigenvalue weighted by atomic mass is 9.96. The highest BCUT2D eigenvalue weighted by molar-refractivity contribution is 6.10. The zero-order valence-electron chi connectivity index (χ0n) is 22.2. The summed E-state index contributed by atoms with van der Waals surface area (Å²) in [5.74, 6) is 0.489. The van der Waals surface area contributed by atoms with Crippen LogP contribution in [0.25, 0.3) is 16.6 Å². The summed E-state index contributed by atoms with van der Waals surface area (Å²) in [5.41, 5.74) is 4.17. The predicted molar refractivity (Wildman–Crippen MR) is 154 cm³/mol. The van der Waals surface area contributed by atoms with Gasteiger partial charge in [0.15, 0.2) is 11.4 Å². The highest BCUT2D eigenvalue weighted by atomic mass is 16.5. The van der Waals surface area contributed by atoms with E-state index in [0.29, 0.717) is 35.8 Å². The Balaban J connectivity index is 1.21. The third kappa shape index (κ3) is 5.88. The van der Waals surface area contributed by atoms with Crippen LogP contribution in [0.3, 0.4) is 0 Å². The molecule has 4 heterocycles. The highest BCUT2D eigenvalue weighted by Gasteiger charge is 2.24. The summed E-state index contributed by atoms with van der Waals surface area (Å²) < 4.78 is 7.39. The van der Waals surface area contributed by atoms with Crippen LogP contribution in [-0.4, -0.2) is 56.3 Å². The first-order chi connectivity index (χ1) is 20.0. The minimum Gasteiger partial charge on any atom is -0.486 e. The number of rotatable bonds is 8. The van der Waals surface area contributed by atoms with Crippen molar-refractivity contribution in [3.63, 3.8) is 0 Å². The van der Waals surface area contributed by atoms with E-state index >= 15 is 0 Å². The summed E-state index contributed by atoms with van der Waals surface area (Å²) in [4.78, 5) is 35.6. The van der Waals surface area contributed by atoms with Crippen molar-refractivity contribution in [1.29, 1.82) is 0 Å². The number of nitrogens with one attached hydrogen (secondary N) is 2. The second-order valence-electron chi connectivity index (χ2n) is 10.0. The van der Waals surface area contributed by atoms with Crippen LogP contribution >= 0.6 is 0 Å². The summed E-state index contributed by atoms with van der Waals surface area (Å²) in [6, 6.07) is 17.6. The number of nitrogens with zero attached hydrogens (tertiary/aromatic N) is 5.